The van der Waals surface area contributed by atoms with Crippen LogP contribution in [0.15, 0.2) is 0 Å². The van der Waals surface area contributed by atoms with Crippen LogP contribution in [0.5, 0.6) is 0 Å². The summed E-state index contributed by atoms with van der Waals surface area (Å²) in [5.74, 6) is -1.66. The molecule has 0 aromatic carbocycles. The van der Waals surface area contributed by atoms with Crippen LogP contribution in [0.4, 0.5) is 4.79 Å². The van der Waals surface area contributed by atoms with Gasteiger partial charge in [0.2, 0.25) is 5.91 Å². The van der Waals surface area contributed by atoms with Crippen LogP contribution in [-0.4, -0.2) is 67.3 Å². The first kappa shape index (κ1) is 14.2. The van der Waals surface area contributed by atoms with Crippen LogP contribution < -0.4 is 10.6 Å². The van der Waals surface area contributed by atoms with Gasteiger partial charge in [-0.05, 0) is 6.42 Å². The molecular formula is C10H17N3O5. The fraction of sp³-hybridized carbons (Fsp3) is 0.700. The summed E-state index contributed by atoms with van der Waals surface area (Å²) >= 11 is 0. The number of likely N-dealkylation sites (tertiary alicyclic amines) is 1. The number of nitrogens with one attached hydrogen (secondary N) is 2. The molecule has 1 heterocycles. The smallest absolute Gasteiger partial charge is 0.322 e. The van der Waals surface area contributed by atoms with Crippen LogP contribution in [0.1, 0.15) is 6.42 Å². The summed E-state index contributed by atoms with van der Waals surface area (Å²) in [7, 11) is 1.59. The maximum absolute atomic E-state index is 11.6. The average molecular weight is 259 g/mol. The van der Waals surface area contributed by atoms with Crippen molar-refractivity contribution in [3.8, 4) is 0 Å². The number of methoxy groups -OCH3 is 1. The van der Waals surface area contributed by atoms with Crippen LogP contribution in [0.25, 0.3) is 0 Å². The Balaban J connectivity index is 2.21. The highest BCUT2D eigenvalue weighted by Gasteiger charge is 2.25. The Bertz CT molecular complexity index is 333. The number of amides is 3. The predicted octanol–water partition coefficient (Wildman–Crippen LogP) is -1.38. The van der Waals surface area contributed by atoms with Gasteiger partial charge in [0.25, 0.3) is 0 Å². The molecule has 18 heavy (non-hydrogen) atoms. The SMILES string of the molecule is COC1CCN(C(=O)NCC(=O)NCC(=O)O)C1. The molecule has 1 saturated heterocycles. The zero-order chi connectivity index (χ0) is 13.5. The van der Waals surface area contributed by atoms with Gasteiger partial charge in [0.15, 0.2) is 0 Å². The second-order valence-corrected chi connectivity index (χ2v) is 3.92. The summed E-state index contributed by atoms with van der Waals surface area (Å²) < 4.78 is 5.12. The highest BCUT2D eigenvalue weighted by atomic mass is 16.5. The minimum absolute atomic E-state index is 0.0385. The number of carboxylic acids is 1. The summed E-state index contributed by atoms with van der Waals surface area (Å²) in [4.78, 5) is 34.5. The topological polar surface area (TPSA) is 108 Å². The second kappa shape index (κ2) is 6.80. The summed E-state index contributed by atoms with van der Waals surface area (Å²) in [5, 5.41) is 12.9. The van der Waals surface area contributed by atoms with Gasteiger partial charge in [-0.3, -0.25) is 9.59 Å². The van der Waals surface area contributed by atoms with Crippen molar-refractivity contribution < 1.29 is 24.2 Å². The number of carbonyl (C=O) groups is 3. The van der Waals surface area contributed by atoms with E-state index in [4.69, 9.17) is 9.84 Å². The first-order chi connectivity index (χ1) is 8.52. The number of ether oxygens (including phenoxy) is 1. The van der Waals surface area contributed by atoms with Gasteiger partial charge in [0.1, 0.15) is 6.54 Å². The molecule has 1 aliphatic heterocycles. The lowest BCUT2D eigenvalue weighted by Gasteiger charge is -2.16. The van der Waals surface area contributed by atoms with Gasteiger partial charge in [-0.2, -0.15) is 0 Å². The van der Waals surface area contributed by atoms with E-state index in [-0.39, 0.29) is 18.7 Å². The Morgan fingerprint density at radius 1 is 1.33 bits per heavy atom. The highest BCUT2D eigenvalue weighted by Crippen LogP contribution is 2.11. The molecule has 0 spiro atoms. The summed E-state index contributed by atoms with van der Waals surface area (Å²) in [6, 6.07) is -0.347. The standard InChI is InChI=1S/C10H17N3O5/c1-18-7-2-3-13(6-7)10(17)12-4-8(14)11-5-9(15)16/h7H,2-6H2,1H3,(H,11,14)(H,12,17)(H,15,16). The molecule has 0 radical (unpaired) electrons. The third kappa shape index (κ3) is 4.58. The van der Waals surface area contributed by atoms with E-state index < -0.39 is 18.4 Å². The van der Waals surface area contributed by atoms with E-state index in [1.807, 2.05) is 0 Å². The zero-order valence-corrected chi connectivity index (χ0v) is 10.1. The Kier molecular flexibility index (Phi) is 5.37. The minimum Gasteiger partial charge on any atom is -0.480 e. The maximum atomic E-state index is 11.6. The lowest BCUT2D eigenvalue weighted by molar-refractivity contribution is -0.137. The molecule has 8 nitrogen and oxygen atoms in total. The van der Waals surface area contributed by atoms with E-state index in [2.05, 4.69) is 10.6 Å². The number of aliphatic carboxylic acids is 1. The van der Waals surface area contributed by atoms with Gasteiger partial charge in [0.05, 0.1) is 12.6 Å². The Morgan fingerprint density at radius 2 is 2.06 bits per heavy atom. The molecule has 1 atom stereocenters. The molecule has 3 amide bonds. The molecular weight excluding hydrogens is 242 g/mol. The van der Waals surface area contributed by atoms with E-state index in [0.29, 0.717) is 13.1 Å². The van der Waals surface area contributed by atoms with Crippen LogP contribution in [0, 0.1) is 0 Å². The van der Waals surface area contributed by atoms with Crippen molar-refractivity contribution in [2.45, 2.75) is 12.5 Å². The molecule has 8 heteroatoms. The van der Waals surface area contributed by atoms with E-state index in [1.54, 1.807) is 12.0 Å². The predicted molar refractivity (Wildman–Crippen MR) is 61.0 cm³/mol. The van der Waals surface area contributed by atoms with Crippen LogP contribution >= 0.6 is 0 Å². The van der Waals surface area contributed by atoms with E-state index in [0.717, 1.165) is 6.42 Å². The first-order valence-corrected chi connectivity index (χ1v) is 5.57. The lowest BCUT2D eigenvalue weighted by atomic mass is 10.3. The van der Waals surface area contributed by atoms with Gasteiger partial charge in [0, 0.05) is 20.2 Å². The Hall–Kier alpha value is -1.83. The molecule has 1 rings (SSSR count). The van der Waals surface area contributed by atoms with Crippen LogP contribution in [0.2, 0.25) is 0 Å². The number of rotatable bonds is 5. The molecule has 1 aliphatic rings. The minimum atomic E-state index is -1.13. The largest absolute Gasteiger partial charge is 0.480 e. The molecule has 1 fully saturated rings. The Labute approximate surface area is 104 Å². The van der Waals surface area contributed by atoms with E-state index in [9.17, 15) is 14.4 Å². The number of hydrogen-bond donors (Lipinski definition) is 3. The van der Waals surface area contributed by atoms with Gasteiger partial charge in [-0.25, -0.2) is 4.79 Å². The first-order valence-electron chi connectivity index (χ1n) is 5.57. The fourth-order valence-electron chi connectivity index (χ4n) is 1.61. The van der Waals surface area contributed by atoms with Crippen molar-refractivity contribution in [1.82, 2.24) is 15.5 Å². The number of hydrogen-bond acceptors (Lipinski definition) is 4. The highest BCUT2D eigenvalue weighted by molar-refractivity contribution is 5.86. The van der Waals surface area contributed by atoms with Crippen molar-refractivity contribution in [3.63, 3.8) is 0 Å². The van der Waals surface area contributed by atoms with Crippen molar-refractivity contribution in [1.29, 1.82) is 0 Å². The van der Waals surface area contributed by atoms with Crippen molar-refractivity contribution in [3.05, 3.63) is 0 Å². The molecule has 0 bridgehead atoms. The van der Waals surface area contributed by atoms with Gasteiger partial charge in [-0.15, -0.1) is 0 Å². The van der Waals surface area contributed by atoms with E-state index in [1.165, 1.54) is 0 Å². The zero-order valence-electron chi connectivity index (χ0n) is 10.1. The number of carboxylic acid groups (broad SMARTS) is 1. The normalized spacial score (nSPS) is 18.5. The average Bonchev–Trinajstić information content (AvgIpc) is 2.82. The molecule has 3 N–H and O–H groups in total. The van der Waals surface area contributed by atoms with Gasteiger partial charge < -0.3 is 25.4 Å². The fourth-order valence-corrected chi connectivity index (χ4v) is 1.61. The lowest BCUT2D eigenvalue weighted by Crippen LogP contribution is -2.44. The Morgan fingerprint density at radius 3 is 2.61 bits per heavy atom. The molecule has 0 aliphatic carbocycles. The maximum Gasteiger partial charge on any atom is 0.322 e. The number of nitrogens with zero attached hydrogens (tertiary/aromatic N) is 1. The third-order valence-electron chi connectivity index (χ3n) is 2.60. The summed E-state index contributed by atoms with van der Waals surface area (Å²) in [5.41, 5.74) is 0. The van der Waals surface area contributed by atoms with Crippen molar-refractivity contribution >= 4 is 17.9 Å². The molecule has 1 unspecified atom stereocenters. The third-order valence-corrected chi connectivity index (χ3v) is 2.60. The van der Waals surface area contributed by atoms with Crippen molar-refractivity contribution in [2.24, 2.45) is 0 Å². The number of carbonyl (C=O) groups excluding carboxylic acids is 2. The molecule has 102 valence electrons. The van der Waals surface area contributed by atoms with Gasteiger partial charge in [-0.1, -0.05) is 0 Å². The summed E-state index contributed by atoms with van der Waals surface area (Å²) in [6.45, 7) is 0.393. The monoisotopic (exact) mass is 259 g/mol. The summed E-state index contributed by atoms with van der Waals surface area (Å²) in [6.07, 6.45) is 0.811. The molecule has 0 saturated carbocycles. The molecule has 0 aromatic rings. The number of urea groups is 1. The van der Waals surface area contributed by atoms with Crippen molar-refractivity contribution in [2.75, 3.05) is 33.3 Å². The second-order valence-electron chi connectivity index (χ2n) is 3.92. The van der Waals surface area contributed by atoms with E-state index >= 15 is 0 Å². The van der Waals surface area contributed by atoms with Crippen LogP contribution in [0.3, 0.4) is 0 Å². The molecule has 0 aromatic heterocycles. The van der Waals surface area contributed by atoms with Crippen LogP contribution in [-0.2, 0) is 14.3 Å². The quantitative estimate of drug-likeness (QED) is 0.564. The van der Waals surface area contributed by atoms with Gasteiger partial charge >= 0.3 is 12.0 Å².